The van der Waals surface area contributed by atoms with Gasteiger partial charge in [0, 0.05) is 31.9 Å². The number of hydrogen-bond acceptors (Lipinski definition) is 2. The van der Waals surface area contributed by atoms with Gasteiger partial charge in [0.2, 0.25) is 0 Å². The van der Waals surface area contributed by atoms with Gasteiger partial charge >= 0.3 is 0 Å². The van der Waals surface area contributed by atoms with E-state index >= 15 is 0 Å². The van der Waals surface area contributed by atoms with Gasteiger partial charge in [-0.05, 0) is 71.2 Å². The highest BCUT2D eigenvalue weighted by atomic mass is 32.1. The maximum atomic E-state index is 4.78. The van der Waals surface area contributed by atoms with Gasteiger partial charge in [-0.1, -0.05) is 75.2 Å². The fourth-order valence-electron chi connectivity index (χ4n) is 5.62. The summed E-state index contributed by atoms with van der Waals surface area (Å²) < 4.78 is 2.67. The van der Waals surface area contributed by atoms with Gasteiger partial charge in [-0.3, -0.25) is 4.98 Å². The van der Waals surface area contributed by atoms with Gasteiger partial charge in [-0.2, -0.15) is 0 Å². The summed E-state index contributed by atoms with van der Waals surface area (Å²) in [7, 11) is 0. The van der Waals surface area contributed by atoms with Crippen LogP contribution in [0.4, 0.5) is 0 Å². The molecule has 0 N–H and O–H groups in total. The summed E-state index contributed by atoms with van der Waals surface area (Å²) >= 11 is 1.88. The fraction of sp³-hybridized carbons (Fsp3) is 0.258. The molecule has 0 saturated heterocycles. The third kappa shape index (κ3) is 3.67. The first kappa shape index (κ1) is 20.6. The van der Waals surface area contributed by atoms with Crippen LogP contribution in [0.2, 0.25) is 0 Å². The van der Waals surface area contributed by atoms with Gasteiger partial charge in [0.15, 0.2) is 0 Å². The Morgan fingerprint density at radius 1 is 0.727 bits per heavy atom. The molecule has 2 heterocycles. The van der Waals surface area contributed by atoms with Gasteiger partial charge in [0.1, 0.15) is 0 Å². The molecule has 0 bridgehead atoms. The van der Waals surface area contributed by atoms with Crippen molar-refractivity contribution in [3.05, 3.63) is 90.6 Å². The van der Waals surface area contributed by atoms with Crippen LogP contribution in [-0.2, 0) is 5.41 Å². The highest BCUT2D eigenvalue weighted by Crippen LogP contribution is 2.43. The molecule has 164 valence electrons. The lowest BCUT2D eigenvalue weighted by Crippen LogP contribution is -2.26. The molecule has 5 aromatic rings. The van der Waals surface area contributed by atoms with E-state index in [1.165, 1.54) is 68.1 Å². The van der Waals surface area contributed by atoms with E-state index in [0.29, 0.717) is 0 Å². The SMILES string of the molecule is CC(C)(c1ccnc(-c2ccc3sc4cc(-c5ccccc5)ccc4c3c2)c1)C1CCCC1. The number of thiophene rings is 1. The zero-order valence-corrected chi connectivity index (χ0v) is 20.2. The zero-order valence-electron chi connectivity index (χ0n) is 19.3. The van der Waals surface area contributed by atoms with Crippen LogP contribution < -0.4 is 0 Å². The molecule has 1 nitrogen and oxygen atoms in total. The predicted molar refractivity (Wildman–Crippen MR) is 143 cm³/mol. The molecule has 0 aliphatic heterocycles. The zero-order chi connectivity index (χ0) is 22.4. The fourth-order valence-corrected chi connectivity index (χ4v) is 6.74. The highest BCUT2D eigenvalue weighted by molar-refractivity contribution is 7.25. The second-order valence-corrected chi connectivity index (χ2v) is 11.1. The lowest BCUT2D eigenvalue weighted by Gasteiger charge is -2.32. The summed E-state index contributed by atoms with van der Waals surface area (Å²) in [5, 5.41) is 2.66. The molecule has 0 atom stereocenters. The predicted octanol–water partition coefficient (Wildman–Crippen LogP) is 9.25. The van der Waals surface area contributed by atoms with Crippen LogP contribution in [-0.4, -0.2) is 4.98 Å². The Morgan fingerprint density at radius 2 is 1.52 bits per heavy atom. The van der Waals surface area contributed by atoms with Crippen molar-refractivity contribution in [2.75, 3.05) is 0 Å². The summed E-state index contributed by atoms with van der Waals surface area (Å²) in [6.45, 7) is 4.84. The van der Waals surface area contributed by atoms with E-state index in [0.717, 1.165) is 11.6 Å². The average Bonchev–Trinajstić information content (AvgIpc) is 3.53. The second-order valence-electron chi connectivity index (χ2n) is 10.0. The minimum atomic E-state index is 0.196. The number of nitrogens with zero attached hydrogens (tertiary/aromatic N) is 1. The van der Waals surface area contributed by atoms with Gasteiger partial charge < -0.3 is 0 Å². The molecule has 1 fully saturated rings. The van der Waals surface area contributed by atoms with Crippen LogP contribution in [0.25, 0.3) is 42.6 Å². The van der Waals surface area contributed by atoms with Crippen LogP contribution in [0.5, 0.6) is 0 Å². The Kier molecular flexibility index (Phi) is 5.07. The number of aromatic nitrogens is 1. The van der Waals surface area contributed by atoms with Gasteiger partial charge in [0.05, 0.1) is 5.69 Å². The first-order chi connectivity index (χ1) is 16.1. The first-order valence-corrected chi connectivity index (χ1v) is 12.9. The number of hydrogen-bond donors (Lipinski definition) is 0. The topological polar surface area (TPSA) is 12.9 Å². The van der Waals surface area contributed by atoms with Crippen molar-refractivity contribution in [3.8, 4) is 22.4 Å². The molecule has 6 rings (SSSR count). The van der Waals surface area contributed by atoms with E-state index in [1.54, 1.807) is 0 Å². The Labute approximate surface area is 200 Å². The molecule has 1 aliphatic carbocycles. The normalized spacial score (nSPS) is 15.0. The quantitative estimate of drug-likeness (QED) is 0.267. The Balaban J connectivity index is 1.40. The molecule has 0 radical (unpaired) electrons. The van der Waals surface area contributed by atoms with E-state index in [1.807, 2.05) is 17.5 Å². The lowest BCUT2D eigenvalue weighted by molar-refractivity contribution is 0.325. The standard InChI is InChI=1S/C31H29NS/c1-31(2,24-10-6-7-11-24)25-16-17-32-28(20-25)23-13-15-29-27(18-23)26-14-12-22(19-30(26)33-29)21-8-4-3-5-9-21/h3-5,8-9,12-20,24H,6-7,10-11H2,1-2H3. The van der Waals surface area contributed by atoms with Crippen molar-refractivity contribution in [2.45, 2.75) is 44.9 Å². The molecule has 2 heteroatoms. The smallest absolute Gasteiger partial charge is 0.0705 e. The van der Waals surface area contributed by atoms with Crippen molar-refractivity contribution >= 4 is 31.5 Å². The van der Waals surface area contributed by atoms with Gasteiger partial charge in [-0.15, -0.1) is 11.3 Å². The van der Waals surface area contributed by atoms with Crippen LogP contribution in [0, 0.1) is 5.92 Å². The van der Waals surface area contributed by atoms with Crippen molar-refractivity contribution in [1.82, 2.24) is 4.98 Å². The summed E-state index contributed by atoms with van der Waals surface area (Å²) in [6, 6.07) is 28.9. The van der Waals surface area contributed by atoms with E-state index in [4.69, 9.17) is 4.98 Å². The monoisotopic (exact) mass is 447 g/mol. The molecule has 1 saturated carbocycles. The van der Waals surface area contributed by atoms with Crippen LogP contribution in [0.3, 0.4) is 0 Å². The highest BCUT2D eigenvalue weighted by Gasteiger charge is 2.33. The summed E-state index contributed by atoms with van der Waals surface area (Å²) in [5.74, 6) is 0.773. The molecular formula is C31H29NS. The number of benzene rings is 3. The van der Waals surface area contributed by atoms with Crippen molar-refractivity contribution in [2.24, 2.45) is 5.92 Å². The Morgan fingerprint density at radius 3 is 2.33 bits per heavy atom. The third-order valence-corrected chi connectivity index (χ3v) is 8.89. The molecule has 1 aliphatic rings. The van der Waals surface area contributed by atoms with Gasteiger partial charge in [-0.25, -0.2) is 0 Å². The average molecular weight is 448 g/mol. The first-order valence-electron chi connectivity index (χ1n) is 12.1. The lowest BCUT2D eigenvalue weighted by atomic mass is 9.72. The van der Waals surface area contributed by atoms with Crippen LogP contribution in [0.1, 0.15) is 45.1 Å². The van der Waals surface area contributed by atoms with Crippen LogP contribution >= 0.6 is 11.3 Å². The Bertz CT molecular complexity index is 1440. The number of rotatable bonds is 4. The van der Waals surface area contributed by atoms with Crippen LogP contribution in [0.15, 0.2) is 85.1 Å². The minimum absolute atomic E-state index is 0.196. The summed E-state index contributed by atoms with van der Waals surface area (Å²) in [6.07, 6.45) is 7.45. The van der Waals surface area contributed by atoms with E-state index in [2.05, 4.69) is 92.7 Å². The molecule has 0 unspecified atom stereocenters. The largest absolute Gasteiger partial charge is 0.256 e. The summed E-state index contributed by atoms with van der Waals surface area (Å²) in [5.41, 5.74) is 6.45. The number of pyridine rings is 1. The molecule has 3 aromatic carbocycles. The van der Waals surface area contributed by atoms with Crippen molar-refractivity contribution < 1.29 is 0 Å². The molecule has 33 heavy (non-hydrogen) atoms. The minimum Gasteiger partial charge on any atom is -0.256 e. The second kappa shape index (κ2) is 8.11. The molecule has 0 amide bonds. The maximum absolute atomic E-state index is 4.78. The third-order valence-electron chi connectivity index (χ3n) is 7.75. The molecule has 0 spiro atoms. The van der Waals surface area contributed by atoms with E-state index in [9.17, 15) is 0 Å². The van der Waals surface area contributed by atoms with Gasteiger partial charge in [0.25, 0.3) is 0 Å². The molecular weight excluding hydrogens is 418 g/mol. The Hall–Kier alpha value is -2.97. The van der Waals surface area contributed by atoms with E-state index < -0.39 is 0 Å². The van der Waals surface area contributed by atoms with Crippen molar-refractivity contribution in [3.63, 3.8) is 0 Å². The molecule has 2 aromatic heterocycles. The van der Waals surface area contributed by atoms with E-state index in [-0.39, 0.29) is 5.41 Å². The summed E-state index contributed by atoms with van der Waals surface area (Å²) in [4.78, 5) is 4.78. The maximum Gasteiger partial charge on any atom is 0.0705 e. The number of fused-ring (bicyclic) bond motifs is 3. The van der Waals surface area contributed by atoms with Crippen molar-refractivity contribution in [1.29, 1.82) is 0 Å².